The number of aryl methyl sites for hydroxylation is 1. The van der Waals surface area contributed by atoms with Crippen LogP contribution < -0.4 is 5.73 Å². The molecule has 1 aliphatic rings. The molecule has 7 heteroatoms. The zero-order valence-electron chi connectivity index (χ0n) is 11.9. The molecule has 6 nitrogen and oxygen atoms in total. The van der Waals surface area contributed by atoms with Crippen molar-refractivity contribution in [3.05, 3.63) is 23.2 Å². The van der Waals surface area contributed by atoms with Crippen molar-refractivity contribution in [3.8, 4) is 0 Å². The molecule has 2 N–H and O–H groups in total. The normalized spacial score (nSPS) is 14.7. The predicted molar refractivity (Wildman–Crippen MR) is 86.3 cm³/mol. The quantitative estimate of drug-likeness (QED) is 0.366. The van der Waals surface area contributed by atoms with E-state index in [4.69, 9.17) is 10.2 Å². The molecule has 0 aromatic carbocycles. The fourth-order valence-corrected chi connectivity index (χ4v) is 1.85. The van der Waals surface area contributed by atoms with E-state index in [-0.39, 0.29) is 24.0 Å². The first kappa shape index (κ1) is 16.8. The summed E-state index contributed by atoms with van der Waals surface area (Å²) in [6.45, 7) is 2.04. The second kappa shape index (κ2) is 6.96. The van der Waals surface area contributed by atoms with Crippen molar-refractivity contribution in [3.63, 3.8) is 0 Å². The van der Waals surface area contributed by atoms with Crippen LogP contribution in [0.2, 0.25) is 0 Å². The maximum Gasteiger partial charge on any atom is 0.341 e. The van der Waals surface area contributed by atoms with Gasteiger partial charge in [0.05, 0.1) is 7.11 Å². The van der Waals surface area contributed by atoms with Gasteiger partial charge in [-0.25, -0.2) is 9.79 Å². The van der Waals surface area contributed by atoms with Crippen molar-refractivity contribution in [2.45, 2.75) is 32.4 Å². The van der Waals surface area contributed by atoms with Gasteiger partial charge in [0.1, 0.15) is 23.6 Å². The number of methoxy groups -OCH3 is 1. The number of halogens is 1. The van der Waals surface area contributed by atoms with Crippen LogP contribution in [-0.2, 0) is 11.3 Å². The molecule has 1 fully saturated rings. The predicted octanol–water partition coefficient (Wildman–Crippen LogP) is 1.90. The monoisotopic (exact) mass is 393 g/mol. The first-order chi connectivity index (χ1) is 9.02. The minimum atomic E-state index is -0.403. The number of aliphatic imine (C=N–C) groups is 1. The SMILES string of the molecule is COC(=O)c1cc(CN=C(N)N(C)C2CC2)oc1C.I. The van der Waals surface area contributed by atoms with Gasteiger partial charge in [0.25, 0.3) is 0 Å². The van der Waals surface area contributed by atoms with E-state index in [1.165, 1.54) is 20.0 Å². The Bertz CT molecular complexity index is 509. The van der Waals surface area contributed by atoms with Crippen LogP contribution in [0.1, 0.15) is 34.7 Å². The van der Waals surface area contributed by atoms with Gasteiger partial charge in [-0.1, -0.05) is 0 Å². The van der Waals surface area contributed by atoms with E-state index in [2.05, 4.69) is 9.73 Å². The maximum absolute atomic E-state index is 11.4. The molecule has 1 heterocycles. The molecule has 1 saturated carbocycles. The lowest BCUT2D eigenvalue weighted by molar-refractivity contribution is 0.0599. The summed E-state index contributed by atoms with van der Waals surface area (Å²) in [4.78, 5) is 17.7. The number of hydrogen-bond donors (Lipinski definition) is 1. The van der Waals surface area contributed by atoms with Gasteiger partial charge in [-0.05, 0) is 25.8 Å². The van der Waals surface area contributed by atoms with Gasteiger partial charge in [0.15, 0.2) is 5.96 Å². The van der Waals surface area contributed by atoms with Crippen LogP contribution in [0, 0.1) is 6.92 Å². The molecule has 0 spiro atoms. The van der Waals surface area contributed by atoms with E-state index in [1.54, 1.807) is 13.0 Å². The lowest BCUT2D eigenvalue weighted by Gasteiger charge is -2.16. The molecule has 1 aliphatic carbocycles. The minimum Gasteiger partial charge on any atom is -0.465 e. The largest absolute Gasteiger partial charge is 0.465 e. The Morgan fingerprint density at radius 3 is 2.80 bits per heavy atom. The van der Waals surface area contributed by atoms with Gasteiger partial charge < -0.3 is 19.8 Å². The summed E-state index contributed by atoms with van der Waals surface area (Å²) >= 11 is 0. The van der Waals surface area contributed by atoms with Gasteiger partial charge in [-0.2, -0.15) is 0 Å². The van der Waals surface area contributed by atoms with Gasteiger partial charge in [-0.15, -0.1) is 24.0 Å². The number of rotatable bonds is 4. The molecule has 0 bridgehead atoms. The summed E-state index contributed by atoms with van der Waals surface area (Å²) in [7, 11) is 3.28. The Kier molecular flexibility index (Phi) is 5.85. The molecule has 0 radical (unpaired) electrons. The van der Waals surface area contributed by atoms with Gasteiger partial charge in [0.2, 0.25) is 0 Å². The number of carbonyl (C=O) groups is 1. The Morgan fingerprint density at radius 1 is 1.60 bits per heavy atom. The Hall–Kier alpha value is -1.25. The van der Waals surface area contributed by atoms with E-state index < -0.39 is 5.97 Å². The Labute approximate surface area is 135 Å². The number of carbonyl (C=O) groups excluding carboxylic acids is 1. The number of hydrogen-bond acceptors (Lipinski definition) is 4. The topological polar surface area (TPSA) is 81.1 Å². The van der Waals surface area contributed by atoms with E-state index >= 15 is 0 Å². The molecule has 0 aliphatic heterocycles. The highest BCUT2D eigenvalue weighted by molar-refractivity contribution is 14.0. The first-order valence-electron chi connectivity index (χ1n) is 6.23. The summed E-state index contributed by atoms with van der Waals surface area (Å²) < 4.78 is 10.1. The summed E-state index contributed by atoms with van der Waals surface area (Å²) in [5.41, 5.74) is 6.31. The van der Waals surface area contributed by atoms with Crippen molar-refractivity contribution >= 4 is 35.9 Å². The van der Waals surface area contributed by atoms with Crippen LogP contribution >= 0.6 is 24.0 Å². The molecular formula is C13H20IN3O3. The second-order valence-corrected chi connectivity index (χ2v) is 4.69. The third-order valence-electron chi connectivity index (χ3n) is 3.23. The third kappa shape index (κ3) is 3.87. The highest BCUT2D eigenvalue weighted by atomic mass is 127. The van der Waals surface area contributed by atoms with E-state index in [0.717, 1.165) is 0 Å². The molecular weight excluding hydrogens is 373 g/mol. The van der Waals surface area contributed by atoms with Crippen molar-refractivity contribution in [2.75, 3.05) is 14.2 Å². The highest BCUT2D eigenvalue weighted by Gasteiger charge is 2.27. The number of nitrogens with two attached hydrogens (primary N) is 1. The fourth-order valence-electron chi connectivity index (χ4n) is 1.85. The van der Waals surface area contributed by atoms with Crippen LogP contribution in [0.15, 0.2) is 15.5 Å². The molecule has 0 amide bonds. The average molecular weight is 393 g/mol. The van der Waals surface area contributed by atoms with Crippen molar-refractivity contribution < 1.29 is 13.9 Å². The summed E-state index contributed by atoms with van der Waals surface area (Å²) in [6, 6.07) is 2.17. The number of nitrogens with zero attached hydrogens (tertiary/aromatic N) is 2. The molecule has 112 valence electrons. The van der Waals surface area contributed by atoms with Crippen LogP contribution in [0.4, 0.5) is 0 Å². The fraction of sp³-hybridized carbons (Fsp3) is 0.538. The third-order valence-corrected chi connectivity index (χ3v) is 3.23. The second-order valence-electron chi connectivity index (χ2n) is 4.69. The van der Waals surface area contributed by atoms with Gasteiger partial charge in [-0.3, -0.25) is 0 Å². The smallest absolute Gasteiger partial charge is 0.341 e. The molecule has 0 atom stereocenters. The summed E-state index contributed by atoms with van der Waals surface area (Å²) in [6.07, 6.45) is 2.33. The molecule has 2 rings (SSSR count). The van der Waals surface area contributed by atoms with E-state index in [0.29, 0.717) is 35.6 Å². The minimum absolute atomic E-state index is 0. The molecule has 1 aromatic rings. The molecule has 1 aromatic heterocycles. The van der Waals surface area contributed by atoms with Crippen molar-refractivity contribution in [1.29, 1.82) is 0 Å². The van der Waals surface area contributed by atoms with Crippen LogP contribution in [0.25, 0.3) is 0 Å². The van der Waals surface area contributed by atoms with E-state index in [9.17, 15) is 4.79 Å². The number of furan rings is 1. The average Bonchev–Trinajstić information content (AvgIpc) is 3.18. The molecule has 20 heavy (non-hydrogen) atoms. The Balaban J connectivity index is 0.00000200. The van der Waals surface area contributed by atoms with Gasteiger partial charge >= 0.3 is 5.97 Å². The highest BCUT2D eigenvalue weighted by Crippen LogP contribution is 2.25. The zero-order valence-corrected chi connectivity index (χ0v) is 14.2. The lowest BCUT2D eigenvalue weighted by atomic mass is 10.2. The lowest BCUT2D eigenvalue weighted by Crippen LogP contribution is -2.35. The molecule has 0 unspecified atom stereocenters. The Morgan fingerprint density at radius 2 is 2.25 bits per heavy atom. The van der Waals surface area contributed by atoms with Crippen LogP contribution in [0.3, 0.4) is 0 Å². The van der Waals surface area contributed by atoms with Crippen molar-refractivity contribution in [1.82, 2.24) is 4.90 Å². The number of ether oxygens (including phenoxy) is 1. The van der Waals surface area contributed by atoms with Gasteiger partial charge in [0, 0.05) is 13.1 Å². The van der Waals surface area contributed by atoms with Crippen LogP contribution in [0.5, 0.6) is 0 Å². The van der Waals surface area contributed by atoms with Crippen molar-refractivity contribution in [2.24, 2.45) is 10.7 Å². The number of esters is 1. The number of guanidine groups is 1. The molecule has 0 saturated heterocycles. The first-order valence-corrected chi connectivity index (χ1v) is 6.23. The maximum atomic E-state index is 11.4. The summed E-state index contributed by atoms with van der Waals surface area (Å²) in [5.74, 6) is 1.23. The summed E-state index contributed by atoms with van der Waals surface area (Å²) in [5, 5.41) is 0. The van der Waals surface area contributed by atoms with E-state index in [1.807, 2.05) is 11.9 Å². The van der Waals surface area contributed by atoms with Crippen LogP contribution in [-0.4, -0.2) is 37.0 Å². The standard InChI is InChI=1S/C13H19N3O3.HI/c1-8-11(12(17)18-3)6-10(19-8)7-15-13(14)16(2)9-4-5-9;/h6,9H,4-5,7H2,1-3H3,(H2,14,15);1H. The zero-order chi connectivity index (χ0) is 14.0.